The van der Waals surface area contributed by atoms with Crippen LogP contribution in [0, 0.1) is 0 Å². The number of aryl methyl sites for hydroxylation is 1. The molecule has 0 fully saturated rings. The van der Waals surface area contributed by atoms with E-state index < -0.39 is 0 Å². The molecule has 6 heteroatoms. The average Bonchev–Trinajstić information content (AvgIpc) is 2.45. The van der Waals surface area contributed by atoms with Gasteiger partial charge in [0.1, 0.15) is 24.0 Å². The van der Waals surface area contributed by atoms with E-state index in [1.54, 1.807) is 0 Å². The first kappa shape index (κ1) is 14.1. The highest BCUT2D eigenvalue weighted by Crippen LogP contribution is 2.19. The van der Waals surface area contributed by atoms with E-state index in [0.717, 1.165) is 11.4 Å². The van der Waals surface area contributed by atoms with E-state index in [0.29, 0.717) is 31.2 Å². The minimum Gasteiger partial charge on any atom is -0.492 e. The molecule has 0 atom stereocenters. The fourth-order valence-corrected chi connectivity index (χ4v) is 1.73. The smallest absolute Gasteiger partial charge is 0.252 e. The summed E-state index contributed by atoms with van der Waals surface area (Å²) in [4.78, 5) is 18.5. The van der Waals surface area contributed by atoms with Gasteiger partial charge in [0.25, 0.3) is 5.56 Å². The number of hydrogen-bond acceptors (Lipinski definition) is 5. The van der Waals surface area contributed by atoms with Crippen LogP contribution < -0.4 is 21.3 Å². The molecule has 0 aliphatic carbocycles. The Balaban J connectivity index is 2.17. The van der Waals surface area contributed by atoms with Crippen LogP contribution in [-0.2, 0) is 6.42 Å². The summed E-state index contributed by atoms with van der Waals surface area (Å²) in [5, 5.41) is 3.09. The minimum absolute atomic E-state index is 0.171. The second-order valence-corrected chi connectivity index (χ2v) is 4.22. The molecule has 0 amide bonds. The molecule has 0 aliphatic heterocycles. The molecule has 0 saturated heterocycles. The Morgan fingerprint density at radius 3 is 3.00 bits per heavy atom. The number of ether oxygens (including phenoxy) is 1. The van der Waals surface area contributed by atoms with Crippen molar-refractivity contribution < 1.29 is 4.74 Å². The van der Waals surface area contributed by atoms with Crippen molar-refractivity contribution in [2.45, 2.75) is 13.3 Å². The molecule has 106 valence electrons. The molecule has 0 spiro atoms. The second kappa shape index (κ2) is 6.72. The molecule has 4 N–H and O–H groups in total. The Morgan fingerprint density at radius 1 is 1.40 bits per heavy atom. The number of aromatic nitrogens is 2. The van der Waals surface area contributed by atoms with Crippen molar-refractivity contribution in [1.82, 2.24) is 9.97 Å². The van der Waals surface area contributed by atoms with E-state index in [2.05, 4.69) is 15.3 Å². The second-order valence-electron chi connectivity index (χ2n) is 4.22. The molecular weight excluding hydrogens is 256 g/mol. The van der Waals surface area contributed by atoms with Crippen molar-refractivity contribution in [3.05, 3.63) is 46.5 Å². The maximum Gasteiger partial charge on any atom is 0.252 e. The number of nitrogens with zero attached hydrogens (tertiary/aromatic N) is 1. The van der Waals surface area contributed by atoms with Gasteiger partial charge >= 0.3 is 0 Å². The van der Waals surface area contributed by atoms with Crippen molar-refractivity contribution in [3.8, 4) is 5.75 Å². The van der Waals surface area contributed by atoms with Gasteiger partial charge in [0.2, 0.25) is 0 Å². The van der Waals surface area contributed by atoms with Gasteiger partial charge in [-0.3, -0.25) is 4.79 Å². The van der Waals surface area contributed by atoms with Gasteiger partial charge in [-0.2, -0.15) is 0 Å². The van der Waals surface area contributed by atoms with E-state index in [4.69, 9.17) is 10.5 Å². The Kier molecular flexibility index (Phi) is 4.73. The van der Waals surface area contributed by atoms with Gasteiger partial charge in [-0.1, -0.05) is 13.0 Å². The average molecular weight is 274 g/mol. The quantitative estimate of drug-likeness (QED) is 0.740. The number of rotatable bonds is 6. The molecule has 0 saturated carbocycles. The molecule has 0 radical (unpaired) electrons. The lowest BCUT2D eigenvalue weighted by atomic mass is 10.3. The van der Waals surface area contributed by atoms with E-state index in [9.17, 15) is 4.79 Å². The maximum atomic E-state index is 11.5. The first-order valence-corrected chi connectivity index (χ1v) is 6.51. The number of benzene rings is 1. The van der Waals surface area contributed by atoms with Crippen LogP contribution in [0.2, 0.25) is 0 Å². The summed E-state index contributed by atoms with van der Waals surface area (Å²) in [6.45, 7) is 2.86. The Bertz CT molecular complexity index is 625. The molecule has 0 unspecified atom stereocenters. The Morgan fingerprint density at radius 2 is 2.25 bits per heavy atom. The summed E-state index contributed by atoms with van der Waals surface area (Å²) in [5.74, 6) is 1.89. The summed E-state index contributed by atoms with van der Waals surface area (Å²) in [6.07, 6.45) is 0.671. The van der Waals surface area contributed by atoms with Crippen LogP contribution in [-0.4, -0.2) is 23.1 Å². The number of nitrogens with one attached hydrogen (secondary N) is 2. The number of hydrogen-bond donors (Lipinski definition) is 3. The molecule has 2 rings (SSSR count). The summed E-state index contributed by atoms with van der Waals surface area (Å²) in [7, 11) is 0. The third-order valence-electron chi connectivity index (χ3n) is 2.62. The molecule has 0 bridgehead atoms. The number of anilines is 2. The van der Waals surface area contributed by atoms with Crippen LogP contribution in [0.15, 0.2) is 35.1 Å². The summed E-state index contributed by atoms with van der Waals surface area (Å²) < 4.78 is 5.45. The van der Waals surface area contributed by atoms with Crippen molar-refractivity contribution in [2.24, 2.45) is 5.73 Å². The molecular formula is C14H18N4O2. The van der Waals surface area contributed by atoms with Crippen LogP contribution in [0.25, 0.3) is 0 Å². The molecule has 6 nitrogen and oxygen atoms in total. The largest absolute Gasteiger partial charge is 0.492 e. The van der Waals surface area contributed by atoms with Crippen molar-refractivity contribution in [1.29, 1.82) is 0 Å². The summed E-state index contributed by atoms with van der Waals surface area (Å²) in [6, 6.07) is 8.85. The molecule has 2 aromatic rings. The third kappa shape index (κ3) is 3.83. The minimum atomic E-state index is -0.171. The predicted molar refractivity (Wildman–Crippen MR) is 78.5 cm³/mol. The monoisotopic (exact) mass is 274 g/mol. The van der Waals surface area contributed by atoms with Crippen molar-refractivity contribution in [2.75, 3.05) is 18.5 Å². The van der Waals surface area contributed by atoms with Crippen molar-refractivity contribution in [3.63, 3.8) is 0 Å². The molecule has 1 aromatic heterocycles. The van der Waals surface area contributed by atoms with Crippen LogP contribution in [0.1, 0.15) is 12.7 Å². The molecule has 1 heterocycles. The van der Waals surface area contributed by atoms with Gasteiger partial charge < -0.3 is 20.8 Å². The highest BCUT2D eigenvalue weighted by molar-refractivity contribution is 5.57. The Labute approximate surface area is 117 Å². The van der Waals surface area contributed by atoms with Gasteiger partial charge in [-0.15, -0.1) is 0 Å². The van der Waals surface area contributed by atoms with Crippen LogP contribution in [0.5, 0.6) is 5.75 Å². The highest BCUT2D eigenvalue weighted by Gasteiger charge is 2.02. The van der Waals surface area contributed by atoms with Crippen LogP contribution in [0.4, 0.5) is 11.5 Å². The van der Waals surface area contributed by atoms with E-state index in [1.165, 1.54) is 6.07 Å². The summed E-state index contributed by atoms with van der Waals surface area (Å²) >= 11 is 0. The van der Waals surface area contributed by atoms with E-state index >= 15 is 0 Å². The lowest BCUT2D eigenvalue weighted by molar-refractivity contribution is 0.328. The molecule has 0 aliphatic rings. The fraction of sp³-hybridized carbons (Fsp3) is 0.286. The van der Waals surface area contributed by atoms with Gasteiger partial charge in [0, 0.05) is 30.8 Å². The fourth-order valence-electron chi connectivity index (χ4n) is 1.73. The molecule has 20 heavy (non-hydrogen) atoms. The van der Waals surface area contributed by atoms with E-state index in [-0.39, 0.29) is 5.56 Å². The summed E-state index contributed by atoms with van der Waals surface area (Å²) in [5.41, 5.74) is 6.03. The van der Waals surface area contributed by atoms with Crippen LogP contribution in [0.3, 0.4) is 0 Å². The lowest BCUT2D eigenvalue weighted by Crippen LogP contribution is -2.12. The predicted octanol–water partition coefficient (Wildman–Crippen LogP) is 1.41. The third-order valence-corrected chi connectivity index (χ3v) is 2.62. The SMILES string of the molecule is CCc1nc(Nc2cccc(OCCN)c2)cc(=O)[nH]1. The highest BCUT2D eigenvalue weighted by atomic mass is 16.5. The van der Waals surface area contributed by atoms with Gasteiger partial charge in [0.15, 0.2) is 0 Å². The number of nitrogens with two attached hydrogens (primary N) is 1. The first-order valence-electron chi connectivity index (χ1n) is 6.51. The normalized spacial score (nSPS) is 10.3. The lowest BCUT2D eigenvalue weighted by Gasteiger charge is -2.09. The standard InChI is InChI=1S/C14H18N4O2/c1-2-12-17-13(9-14(19)18-12)16-10-4-3-5-11(8-10)20-7-6-15/h3-5,8-9H,2,6-7,15H2,1H3,(H2,16,17,18,19). The zero-order valence-corrected chi connectivity index (χ0v) is 11.3. The Hall–Kier alpha value is -2.34. The van der Waals surface area contributed by atoms with Gasteiger partial charge in [-0.05, 0) is 12.1 Å². The van der Waals surface area contributed by atoms with Gasteiger partial charge in [-0.25, -0.2) is 4.98 Å². The molecule has 1 aromatic carbocycles. The van der Waals surface area contributed by atoms with E-state index in [1.807, 2.05) is 31.2 Å². The van der Waals surface area contributed by atoms with Crippen LogP contribution >= 0.6 is 0 Å². The zero-order valence-electron chi connectivity index (χ0n) is 11.3. The zero-order chi connectivity index (χ0) is 14.4. The first-order chi connectivity index (χ1) is 9.71. The maximum absolute atomic E-state index is 11.5. The van der Waals surface area contributed by atoms with Gasteiger partial charge in [0.05, 0.1) is 0 Å². The van der Waals surface area contributed by atoms with Crippen molar-refractivity contribution >= 4 is 11.5 Å². The topological polar surface area (TPSA) is 93.0 Å². The number of H-pyrrole nitrogens is 1. The number of aromatic amines is 1.